The summed E-state index contributed by atoms with van der Waals surface area (Å²) in [5.74, 6) is 0. The van der Waals surface area contributed by atoms with Crippen LogP contribution in [0.1, 0.15) is 6.92 Å². The Morgan fingerprint density at radius 2 is 2.50 bits per heavy atom. The lowest BCUT2D eigenvalue weighted by molar-refractivity contribution is 0.166. The van der Waals surface area contributed by atoms with E-state index in [-0.39, 0.29) is 12.1 Å². The molecule has 0 aliphatic heterocycles. The largest absolute Gasteiger partial charge is 0.397 e. The van der Waals surface area contributed by atoms with Gasteiger partial charge in [-0.3, -0.25) is 4.79 Å². The first-order valence-corrected chi connectivity index (χ1v) is 3.60. The van der Waals surface area contributed by atoms with Gasteiger partial charge in [0.2, 0.25) is 0 Å². The van der Waals surface area contributed by atoms with E-state index in [4.69, 9.17) is 10.8 Å². The fourth-order valence-corrected chi connectivity index (χ4v) is 0.835. The Morgan fingerprint density at radius 1 is 1.83 bits per heavy atom. The van der Waals surface area contributed by atoms with Crippen molar-refractivity contribution < 1.29 is 5.11 Å². The van der Waals surface area contributed by atoms with Crippen molar-refractivity contribution in [3.8, 4) is 0 Å². The molecule has 0 aliphatic carbocycles. The summed E-state index contributed by atoms with van der Waals surface area (Å²) in [7, 11) is 0. The molecular weight excluding hydrogens is 158 g/mol. The highest BCUT2D eigenvalue weighted by Gasteiger charge is 2.00. The molecule has 0 aromatic carbocycles. The van der Waals surface area contributed by atoms with E-state index in [1.807, 2.05) is 0 Å². The van der Waals surface area contributed by atoms with Crippen LogP contribution in [0.15, 0.2) is 17.1 Å². The fraction of sp³-hybridized carbons (Fsp3) is 0.429. The average molecular weight is 169 g/mol. The molecule has 1 atom stereocenters. The second-order valence-corrected chi connectivity index (χ2v) is 2.66. The summed E-state index contributed by atoms with van der Waals surface area (Å²) in [6, 6.07) is 1.27. The maximum Gasteiger partial charge on any atom is 0.268 e. The zero-order valence-electron chi connectivity index (χ0n) is 6.77. The Labute approximate surface area is 69.4 Å². The van der Waals surface area contributed by atoms with Crippen LogP contribution in [-0.4, -0.2) is 21.0 Å². The minimum atomic E-state index is -0.584. The van der Waals surface area contributed by atoms with Crippen molar-refractivity contribution in [2.45, 2.75) is 19.6 Å². The molecule has 1 heterocycles. The van der Waals surface area contributed by atoms with Gasteiger partial charge in [0.25, 0.3) is 5.56 Å². The van der Waals surface area contributed by atoms with Gasteiger partial charge in [-0.15, -0.1) is 0 Å². The number of nitrogens with zero attached hydrogens (tertiary/aromatic N) is 2. The van der Waals surface area contributed by atoms with Crippen molar-refractivity contribution in [2.24, 2.45) is 0 Å². The number of hydrogen-bond acceptors (Lipinski definition) is 4. The van der Waals surface area contributed by atoms with Gasteiger partial charge in [0.15, 0.2) is 0 Å². The lowest BCUT2D eigenvalue weighted by Crippen LogP contribution is -2.27. The Balaban J connectivity index is 2.94. The molecule has 0 bridgehead atoms. The second-order valence-electron chi connectivity index (χ2n) is 2.66. The van der Waals surface area contributed by atoms with E-state index in [9.17, 15) is 4.79 Å². The first-order valence-electron chi connectivity index (χ1n) is 3.60. The normalized spacial score (nSPS) is 12.8. The van der Waals surface area contributed by atoms with Gasteiger partial charge in [-0.1, -0.05) is 0 Å². The zero-order chi connectivity index (χ0) is 9.14. The van der Waals surface area contributed by atoms with Crippen molar-refractivity contribution in [3.63, 3.8) is 0 Å². The van der Waals surface area contributed by atoms with Crippen LogP contribution in [0, 0.1) is 0 Å². The number of aromatic nitrogens is 2. The highest BCUT2D eigenvalue weighted by atomic mass is 16.3. The van der Waals surface area contributed by atoms with E-state index in [1.165, 1.54) is 16.9 Å². The van der Waals surface area contributed by atoms with Crippen molar-refractivity contribution in [1.29, 1.82) is 0 Å². The number of aliphatic hydroxyl groups is 1. The van der Waals surface area contributed by atoms with Crippen LogP contribution in [0.3, 0.4) is 0 Å². The summed E-state index contributed by atoms with van der Waals surface area (Å²) in [6.07, 6.45) is 0.794. The van der Waals surface area contributed by atoms with Gasteiger partial charge >= 0.3 is 0 Å². The highest BCUT2D eigenvalue weighted by molar-refractivity contribution is 5.31. The van der Waals surface area contributed by atoms with Crippen LogP contribution in [0.2, 0.25) is 0 Å². The van der Waals surface area contributed by atoms with E-state index >= 15 is 0 Å². The molecule has 1 rings (SSSR count). The second kappa shape index (κ2) is 3.36. The molecular formula is C7H11N3O2. The Kier molecular flexibility index (Phi) is 2.44. The Morgan fingerprint density at radius 3 is 3.00 bits per heavy atom. The third-order valence-corrected chi connectivity index (χ3v) is 1.33. The van der Waals surface area contributed by atoms with Crippen LogP contribution in [0.25, 0.3) is 0 Å². The summed E-state index contributed by atoms with van der Waals surface area (Å²) >= 11 is 0. The van der Waals surface area contributed by atoms with Gasteiger partial charge in [-0.2, -0.15) is 5.10 Å². The van der Waals surface area contributed by atoms with Crippen LogP contribution < -0.4 is 11.3 Å². The summed E-state index contributed by atoms with van der Waals surface area (Å²) in [5, 5.41) is 12.7. The topological polar surface area (TPSA) is 81.1 Å². The van der Waals surface area contributed by atoms with Crippen molar-refractivity contribution in [1.82, 2.24) is 9.78 Å². The van der Waals surface area contributed by atoms with Crippen molar-refractivity contribution in [3.05, 3.63) is 22.6 Å². The van der Waals surface area contributed by atoms with Crippen LogP contribution in [0.5, 0.6) is 0 Å². The average Bonchev–Trinajstić information content (AvgIpc) is 1.94. The zero-order valence-corrected chi connectivity index (χ0v) is 6.77. The van der Waals surface area contributed by atoms with Crippen molar-refractivity contribution in [2.75, 3.05) is 5.73 Å². The summed E-state index contributed by atoms with van der Waals surface area (Å²) in [4.78, 5) is 11.1. The Bertz CT molecular complexity index is 319. The SMILES string of the molecule is CC(O)Cn1ncc(N)cc1=O. The molecule has 1 aromatic heterocycles. The van der Waals surface area contributed by atoms with Gasteiger partial charge in [0.1, 0.15) is 0 Å². The summed E-state index contributed by atoms with van der Waals surface area (Å²) < 4.78 is 1.17. The Hall–Kier alpha value is -1.36. The van der Waals surface area contributed by atoms with Gasteiger partial charge in [-0.05, 0) is 6.92 Å². The standard InChI is InChI=1S/C7H11N3O2/c1-5(11)4-10-7(12)2-6(8)3-9-10/h2-3,5,11H,4,8H2,1H3. The lowest BCUT2D eigenvalue weighted by atomic mass is 10.4. The number of nitrogen functional groups attached to an aromatic ring is 1. The molecule has 12 heavy (non-hydrogen) atoms. The summed E-state index contributed by atoms with van der Waals surface area (Å²) in [5.41, 5.74) is 5.36. The molecule has 0 saturated heterocycles. The van der Waals surface area contributed by atoms with E-state index in [1.54, 1.807) is 6.92 Å². The predicted molar refractivity (Wildman–Crippen MR) is 44.6 cm³/mol. The number of rotatable bonds is 2. The smallest absolute Gasteiger partial charge is 0.268 e. The number of hydrogen-bond donors (Lipinski definition) is 2. The molecule has 3 N–H and O–H groups in total. The van der Waals surface area contributed by atoms with Crippen LogP contribution in [-0.2, 0) is 6.54 Å². The third-order valence-electron chi connectivity index (χ3n) is 1.33. The molecule has 5 nitrogen and oxygen atoms in total. The monoisotopic (exact) mass is 169 g/mol. The predicted octanol–water partition coefficient (Wildman–Crippen LogP) is -0.794. The number of anilines is 1. The molecule has 0 amide bonds. The number of nitrogens with two attached hydrogens (primary N) is 1. The maximum atomic E-state index is 11.1. The van der Waals surface area contributed by atoms with E-state index in [2.05, 4.69) is 5.10 Å². The maximum absolute atomic E-state index is 11.1. The molecule has 0 radical (unpaired) electrons. The summed E-state index contributed by atoms with van der Waals surface area (Å²) in [6.45, 7) is 1.78. The molecule has 0 saturated carbocycles. The highest BCUT2D eigenvalue weighted by Crippen LogP contribution is 1.91. The third kappa shape index (κ3) is 2.06. The van der Waals surface area contributed by atoms with E-state index in [0.29, 0.717) is 5.69 Å². The van der Waals surface area contributed by atoms with Gasteiger partial charge < -0.3 is 10.8 Å². The first kappa shape index (κ1) is 8.73. The van der Waals surface area contributed by atoms with Gasteiger partial charge in [-0.25, -0.2) is 4.68 Å². The van der Waals surface area contributed by atoms with E-state index in [0.717, 1.165) is 0 Å². The molecule has 66 valence electrons. The molecule has 0 aliphatic rings. The van der Waals surface area contributed by atoms with E-state index < -0.39 is 6.10 Å². The quantitative estimate of drug-likeness (QED) is 0.607. The molecule has 5 heteroatoms. The fourth-order valence-electron chi connectivity index (χ4n) is 0.835. The van der Waals surface area contributed by atoms with Gasteiger partial charge in [0.05, 0.1) is 24.5 Å². The molecule has 1 aromatic rings. The minimum Gasteiger partial charge on any atom is -0.397 e. The van der Waals surface area contributed by atoms with Crippen LogP contribution >= 0.6 is 0 Å². The number of aliphatic hydroxyl groups excluding tert-OH is 1. The molecule has 1 unspecified atom stereocenters. The molecule has 0 fully saturated rings. The van der Waals surface area contributed by atoms with Crippen molar-refractivity contribution >= 4 is 5.69 Å². The van der Waals surface area contributed by atoms with Gasteiger partial charge in [0, 0.05) is 6.07 Å². The first-order chi connectivity index (χ1) is 5.59. The lowest BCUT2D eigenvalue weighted by Gasteiger charge is -2.05. The van der Waals surface area contributed by atoms with Crippen LogP contribution in [0.4, 0.5) is 5.69 Å². The minimum absolute atomic E-state index is 0.194. The molecule has 0 spiro atoms.